The molecule has 0 fully saturated rings. The van der Waals surface area contributed by atoms with Gasteiger partial charge in [-0.15, -0.1) is 0 Å². The maximum atomic E-state index is 11.3. The highest BCUT2D eigenvalue weighted by atomic mass is 32.2. The number of aryl methyl sites for hydroxylation is 2. The summed E-state index contributed by atoms with van der Waals surface area (Å²) in [7, 11) is 0. The molecule has 0 saturated carbocycles. The van der Waals surface area contributed by atoms with Crippen molar-refractivity contribution in [3.63, 3.8) is 0 Å². The van der Waals surface area contributed by atoms with Crippen LogP contribution in [0.15, 0.2) is 36.4 Å². The third-order valence-corrected chi connectivity index (χ3v) is 4.26. The summed E-state index contributed by atoms with van der Waals surface area (Å²) in [4.78, 5) is 11.3. The highest BCUT2D eigenvalue weighted by molar-refractivity contribution is 7.97. The smallest absolute Gasteiger partial charge is 0.338 e. The van der Waals surface area contributed by atoms with Crippen molar-refractivity contribution in [2.45, 2.75) is 25.4 Å². The van der Waals surface area contributed by atoms with E-state index in [1.54, 1.807) is 23.9 Å². The molecule has 0 aromatic heterocycles. The number of anilines is 1. The molecule has 21 heavy (non-hydrogen) atoms. The molecule has 3 N–H and O–H groups in total. The van der Waals surface area contributed by atoms with Crippen LogP contribution >= 0.6 is 11.8 Å². The molecule has 0 aliphatic rings. The number of rotatable bonds is 5. The average molecular weight is 301 g/mol. The summed E-state index contributed by atoms with van der Waals surface area (Å²) >= 11 is 1.70. The standard InChI is InChI=1S/C17H19NO2S/c1-11-6-12(2)8-13(7-11)9-21-10-14-4-3-5-15(18)16(14)17(19)20/h3-8H,9-10,18H2,1-2H3,(H,19,20). The van der Waals surface area contributed by atoms with Gasteiger partial charge in [-0.3, -0.25) is 0 Å². The number of nitrogens with two attached hydrogens (primary N) is 1. The summed E-state index contributed by atoms with van der Waals surface area (Å²) < 4.78 is 0. The molecule has 0 aliphatic heterocycles. The van der Waals surface area contributed by atoms with Crippen LogP contribution < -0.4 is 5.73 Å². The van der Waals surface area contributed by atoms with Gasteiger partial charge in [0.05, 0.1) is 5.56 Å². The van der Waals surface area contributed by atoms with E-state index in [4.69, 9.17) is 5.73 Å². The van der Waals surface area contributed by atoms with E-state index in [1.807, 2.05) is 6.07 Å². The van der Waals surface area contributed by atoms with Gasteiger partial charge in [-0.25, -0.2) is 4.79 Å². The van der Waals surface area contributed by atoms with E-state index in [1.165, 1.54) is 16.7 Å². The molecule has 0 unspecified atom stereocenters. The second kappa shape index (κ2) is 6.68. The fourth-order valence-corrected chi connectivity index (χ4v) is 3.40. The lowest BCUT2D eigenvalue weighted by molar-refractivity contribution is 0.0697. The fraction of sp³-hybridized carbons (Fsp3) is 0.235. The molecular formula is C17H19NO2S. The number of aromatic carboxylic acids is 1. The zero-order valence-corrected chi connectivity index (χ0v) is 13.0. The second-order valence-electron chi connectivity index (χ2n) is 5.18. The normalized spacial score (nSPS) is 10.6. The predicted molar refractivity (Wildman–Crippen MR) is 88.7 cm³/mol. The van der Waals surface area contributed by atoms with Crippen LogP contribution in [0.25, 0.3) is 0 Å². The number of thioether (sulfide) groups is 1. The van der Waals surface area contributed by atoms with E-state index < -0.39 is 5.97 Å². The molecule has 0 spiro atoms. The lowest BCUT2D eigenvalue weighted by atomic mass is 10.1. The van der Waals surface area contributed by atoms with Gasteiger partial charge in [0.15, 0.2) is 0 Å². The van der Waals surface area contributed by atoms with E-state index in [-0.39, 0.29) is 5.56 Å². The SMILES string of the molecule is Cc1cc(C)cc(CSCc2cccc(N)c2C(=O)O)c1. The highest BCUT2D eigenvalue weighted by Crippen LogP contribution is 2.24. The molecule has 2 aromatic rings. The lowest BCUT2D eigenvalue weighted by Crippen LogP contribution is -2.06. The van der Waals surface area contributed by atoms with Crippen molar-refractivity contribution in [1.29, 1.82) is 0 Å². The molecule has 3 nitrogen and oxygen atoms in total. The molecule has 0 heterocycles. The van der Waals surface area contributed by atoms with Crippen molar-refractivity contribution in [3.8, 4) is 0 Å². The summed E-state index contributed by atoms with van der Waals surface area (Å²) in [6.45, 7) is 4.17. The van der Waals surface area contributed by atoms with Crippen molar-refractivity contribution >= 4 is 23.4 Å². The van der Waals surface area contributed by atoms with Gasteiger partial charge < -0.3 is 10.8 Å². The van der Waals surface area contributed by atoms with Crippen LogP contribution in [0.4, 0.5) is 5.69 Å². The van der Waals surface area contributed by atoms with Crippen LogP contribution in [0, 0.1) is 13.8 Å². The Balaban J connectivity index is 2.07. The van der Waals surface area contributed by atoms with E-state index in [0.29, 0.717) is 11.4 Å². The quantitative estimate of drug-likeness (QED) is 0.819. The van der Waals surface area contributed by atoms with Crippen LogP contribution in [-0.4, -0.2) is 11.1 Å². The highest BCUT2D eigenvalue weighted by Gasteiger charge is 2.13. The molecule has 0 amide bonds. The molecule has 0 bridgehead atoms. The predicted octanol–water partition coefficient (Wildman–Crippen LogP) is 4.02. The zero-order chi connectivity index (χ0) is 15.4. The van der Waals surface area contributed by atoms with Gasteiger partial charge in [0.1, 0.15) is 0 Å². The van der Waals surface area contributed by atoms with Gasteiger partial charge in [0.2, 0.25) is 0 Å². The Morgan fingerprint density at radius 1 is 1.14 bits per heavy atom. The second-order valence-corrected chi connectivity index (χ2v) is 6.16. The summed E-state index contributed by atoms with van der Waals surface area (Å²) in [5.74, 6) is 0.533. The Kier molecular flexibility index (Phi) is 4.91. The van der Waals surface area contributed by atoms with E-state index in [0.717, 1.165) is 11.3 Å². The number of carboxylic acid groups (broad SMARTS) is 1. The molecule has 2 aromatic carbocycles. The van der Waals surface area contributed by atoms with Crippen LogP contribution in [0.3, 0.4) is 0 Å². The summed E-state index contributed by atoms with van der Waals surface area (Å²) in [5, 5.41) is 9.25. The molecule has 0 aliphatic carbocycles. The monoisotopic (exact) mass is 301 g/mol. The van der Waals surface area contributed by atoms with E-state index in [2.05, 4.69) is 32.0 Å². The first-order valence-corrected chi connectivity index (χ1v) is 7.88. The van der Waals surface area contributed by atoms with Gasteiger partial charge in [-0.05, 0) is 31.0 Å². The van der Waals surface area contributed by atoms with Crippen molar-refractivity contribution < 1.29 is 9.90 Å². The van der Waals surface area contributed by atoms with Crippen LogP contribution in [-0.2, 0) is 11.5 Å². The van der Waals surface area contributed by atoms with Gasteiger partial charge in [-0.2, -0.15) is 11.8 Å². The van der Waals surface area contributed by atoms with Crippen LogP contribution in [0.1, 0.15) is 32.6 Å². The molecule has 2 rings (SSSR count). The molecule has 4 heteroatoms. The fourth-order valence-electron chi connectivity index (χ4n) is 2.43. The number of hydrogen-bond donors (Lipinski definition) is 2. The Hall–Kier alpha value is -1.94. The minimum atomic E-state index is -0.963. The van der Waals surface area contributed by atoms with E-state index >= 15 is 0 Å². The number of nitrogen functional groups attached to an aromatic ring is 1. The van der Waals surface area contributed by atoms with Gasteiger partial charge in [-0.1, -0.05) is 41.5 Å². The summed E-state index contributed by atoms with van der Waals surface area (Å²) in [6.07, 6.45) is 0. The first-order valence-electron chi connectivity index (χ1n) is 6.73. The Bertz CT molecular complexity index is 648. The number of carboxylic acids is 1. The first-order chi connectivity index (χ1) is 9.97. The number of benzene rings is 2. The maximum absolute atomic E-state index is 11.3. The average Bonchev–Trinajstić information content (AvgIpc) is 2.37. The Morgan fingerprint density at radius 3 is 2.43 bits per heavy atom. The zero-order valence-electron chi connectivity index (χ0n) is 12.2. The lowest BCUT2D eigenvalue weighted by Gasteiger charge is -2.09. The largest absolute Gasteiger partial charge is 0.478 e. The van der Waals surface area contributed by atoms with Gasteiger partial charge >= 0.3 is 5.97 Å². The van der Waals surface area contributed by atoms with Crippen molar-refractivity contribution in [3.05, 3.63) is 64.2 Å². The third-order valence-electron chi connectivity index (χ3n) is 3.20. The van der Waals surface area contributed by atoms with Crippen molar-refractivity contribution in [2.24, 2.45) is 0 Å². The molecular weight excluding hydrogens is 282 g/mol. The molecule has 0 atom stereocenters. The number of carbonyl (C=O) groups is 1. The molecule has 0 radical (unpaired) electrons. The van der Waals surface area contributed by atoms with Crippen LogP contribution in [0.5, 0.6) is 0 Å². The molecule has 110 valence electrons. The summed E-state index contributed by atoms with van der Waals surface area (Å²) in [5.41, 5.74) is 10.8. The topological polar surface area (TPSA) is 63.3 Å². The molecule has 0 saturated heterocycles. The number of hydrogen-bond acceptors (Lipinski definition) is 3. The van der Waals surface area contributed by atoms with E-state index in [9.17, 15) is 9.90 Å². The van der Waals surface area contributed by atoms with Gasteiger partial charge in [0.25, 0.3) is 0 Å². The van der Waals surface area contributed by atoms with Gasteiger partial charge in [0, 0.05) is 17.2 Å². The van der Waals surface area contributed by atoms with Crippen molar-refractivity contribution in [2.75, 3.05) is 5.73 Å². The minimum Gasteiger partial charge on any atom is -0.478 e. The Labute approximate surface area is 129 Å². The maximum Gasteiger partial charge on any atom is 0.338 e. The minimum absolute atomic E-state index is 0.227. The first kappa shape index (κ1) is 15.4. The Morgan fingerprint density at radius 2 is 1.81 bits per heavy atom. The third kappa shape index (κ3) is 4.02. The van der Waals surface area contributed by atoms with Crippen LogP contribution in [0.2, 0.25) is 0 Å². The van der Waals surface area contributed by atoms with Crippen molar-refractivity contribution in [1.82, 2.24) is 0 Å². The summed E-state index contributed by atoms with van der Waals surface area (Å²) in [6, 6.07) is 11.7.